The molecule has 0 bridgehead atoms. The Kier molecular flexibility index (Phi) is 6.95. The van der Waals surface area contributed by atoms with Crippen molar-refractivity contribution < 1.29 is 19.1 Å². The first-order valence-corrected chi connectivity index (χ1v) is 11.2. The number of thiazole rings is 1. The van der Waals surface area contributed by atoms with Crippen molar-refractivity contribution in [3.8, 4) is 10.6 Å². The van der Waals surface area contributed by atoms with E-state index in [-0.39, 0.29) is 12.2 Å². The lowest BCUT2D eigenvalue weighted by molar-refractivity contribution is -0.143. The van der Waals surface area contributed by atoms with E-state index in [2.05, 4.69) is 5.32 Å². The minimum absolute atomic E-state index is 0.290. The van der Waals surface area contributed by atoms with Gasteiger partial charge in [0.05, 0.1) is 35.0 Å². The summed E-state index contributed by atoms with van der Waals surface area (Å²) in [6.07, 6.45) is -0.580. The summed E-state index contributed by atoms with van der Waals surface area (Å²) in [5.74, 6) is -1.62. The zero-order chi connectivity index (χ0) is 22.7. The third kappa shape index (κ3) is 5.05. The van der Waals surface area contributed by atoms with Gasteiger partial charge in [-0.25, -0.2) is 14.6 Å². The maximum Gasteiger partial charge on any atom is 0.337 e. The fraction of sp³-hybridized carbons (Fsp3) is 0.375. The Morgan fingerprint density at radius 2 is 1.45 bits per heavy atom. The van der Waals surface area contributed by atoms with Crippen molar-refractivity contribution in [2.24, 2.45) is 0 Å². The summed E-state index contributed by atoms with van der Waals surface area (Å²) < 4.78 is 11.0. The minimum Gasteiger partial charge on any atom is -0.460 e. The van der Waals surface area contributed by atoms with E-state index in [1.807, 2.05) is 49.6 Å². The Hall–Kier alpha value is -2.93. The van der Waals surface area contributed by atoms with Gasteiger partial charge in [-0.3, -0.25) is 0 Å². The molecule has 0 aliphatic carbocycles. The largest absolute Gasteiger partial charge is 0.460 e. The standard InChI is InChI=1S/C24H28N2O4S/c1-13(2)29-23(27)19-15(5)25-16(6)20(24(28)30-14(3)4)21(19)18-12-31-22(26-18)17-10-8-7-9-11-17/h7-14,21,25H,1-6H3. The number of esters is 2. The van der Waals surface area contributed by atoms with E-state index in [9.17, 15) is 9.59 Å². The summed E-state index contributed by atoms with van der Waals surface area (Å²) in [4.78, 5) is 30.9. The molecule has 0 saturated carbocycles. The van der Waals surface area contributed by atoms with Crippen molar-refractivity contribution in [2.75, 3.05) is 0 Å². The molecule has 6 nitrogen and oxygen atoms in total. The van der Waals surface area contributed by atoms with E-state index >= 15 is 0 Å². The molecule has 164 valence electrons. The van der Waals surface area contributed by atoms with Gasteiger partial charge >= 0.3 is 11.9 Å². The Labute approximate surface area is 187 Å². The lowest BCUT2D eigenvalue weighted by Crippen LogP contribution is -2.33. The number of nitrogens with zero attached hydrogens (tertiary/aromatic N) is 1. The number of allylic oxidation sites excluding steroid dienone is 2. The van der Waals surface area contributed by atoms with Crippen LogP contribution in [-0.2, 0) is 19.1 Å². The van der Waals surface area contributed by atoms with Crippen LogP contribution in [0.4, 0.5) is 0 Å². The van der Waals surface area contributed by atoms with Crippen LogP contribution in [0, 0.1) is 0 Å². The molecule has 0 unspecified atom stereocenters. The molecule has 2 heterocycles. The summed E-state index contributed by atoms with van der Waals surface area (Å²) in [7, 11) is 0. The first-order valence-electron chi connectivity index (χ1n) is 10.3. The molecule has 31 heavy (non-hydrogen) atoms. The van der Waals surface area contributed by atoms with Crippen molar-refractivity contribution in [1.82, 2.24) is 10.3 Å². The highest BCUT2D eigenvalue weighted by Crippen LogP contribution is 2.41. The number of benzene rings is 1. The van der Waals surface area contributed by atoms with Crippen LogP contribution in [0.3, 0.4) is 0 Å². The average molecular weight is 441 g/mol. The van der Waals surface area contributed by atoms with Gasteiger partial charge in [0, 0.05) is 22.3 Å². The highest BCUT2D eigenvalue weighted by molar-refractivity contribution is 7.13. The molecule has 0 fully saturated rings. The molecule has 0 saturated heterocycles. The molecule has 7 heteroatoms. The van der Waals surface area contributed by atoms with Crippen LogP contribution in [0.25, 0.3) is 10.6 Å². The molecule has 2 aromatic rings. The monoisotopic (exact) mass is 440 g/mol. The van der Waals surface area contributed by atoms with E-state index in [4.69, 9.17) is 14.5 Å². The summed E-state index contributed by atoms with van der Waals surface area (Å²) in [5.41, 5.74) is 3.63. The van der Waals surface area contributed by atoms with Gasteiger partial charge in [0.2, 0.25) is 0 Å². The minimum atomic E-state index is -0.674. The third-order valence-corrected chi connectivity index (χ3v) is 5.63. The van der Waals surface area contributed by atoms with Crippen LogP contribution < -0.4 is 5.32 Å². The average Bonchev–Trinajstić information content (AvgIpc) is 3.16. The van der Waals surface area contributed by atoms with Crippen LogP contribution in [-0.4, -0.2) is 29.1 Å². The summed E-state index contributed by atoms with van der Waals surface area (Å²) >= 11 is 1.47. The quantitative estimate of drug-likeness (QED) is 0.641. The number of hydrogen-bond donors (Lipinski definition) is 1. The van der Waals surface area contributed by atoms with Gasteiger partial charge in [0.1, 0.15) is 5.01 Å². The highest BCUT2D eigenvalue weighted by atomic mass is 32.1. The maximum atomic E-state index is 13.1. The molecule has 1 aliphatic rings. The maximum absolute atomic E-state index is 13.1. The molecular weight excluding hydrogens is 412 g/mol. The number of rotatable bonds is 6. The SMILES string of the molecule is CC1=C(C(=O)OC(C)C)C(c2csc(-c3ccccc3)n2)C(C(=O)OC(C)C)=C(C)N1. The van der Waals surface area contributed by atoms with Crippen LogP contribution in [0.1, 0.15) is 53.2 Å². The zero-order valence-electron chi connectivity index (χ0n) is 18.7. The summed E-state index contributed by atoms with van der Waals surface area (Å²) in [6.45, 7) is 10.8. The predicted molar refractivity (Wildman–Crippen MR) is 121 cm³/mol. The summed E-state index contributed by atoms with van der Waals surface area (Å²) in [6, 6.07) is 9.81. The first-order chi connectivity index (χ1) is 14.7. The molecule has 1 N–H and O–H groups in total. The second kappa shape index (κ2) is 9.47. The topological polar surface area (TPSA) is 77.5 Å². The van der Waals surface area contributed by atoms with Crippen molar-refractivity contribution in [2.45, 2.75) is 59.7 Å². The van der Waals surface area contributed by atoms with Crippen molar-refractivity contribution in [3.05, 3.63) is 63.9 Å². The number of nitrogens with one attached hydrogen (secondary N) is 1. The van der Waals surface area contributed by atoms with E-state index in [0.717, 1.165) is 10.6 Å². The molecule has 1 aliphatic heterocycles. The third-order valence-electron chi connectivity index (χ3n) is 4.72. The molecule has 0 radical (unpaired) electrons. The lowest BCUT2D eigenvalue weighted by Gasteiger charge is -2.30. The van der Waals surface area contributed by atoms with Crippen molar-refractivity contribution in [1.29, 1.82) is 0 Å². The molecule has 0 atom stereocenters. The van der Waals surface area contributed by atoms with E-state index in [1.165, 1.54) is 11.3 Å². The Balaban J connectivity index is 2.12. The van der Waals surface area contributed by atoms with Gasteiger partial charge < -0.3 is 14.8 Å². The van der Waals surface area contributed by atoms with E-state index in [0.29, 0.717) is 28.2 Å². The summed E-state index contributed by atoms with van der Waals surface area (Å²) in [5, 5.41) is 5.87. The van der Waals surface area contributed by atoms with Gasteiger partial charge in [-0.05, 0) is 41.5 Å². The number of ether oxygens (including phenoxy) is 2. The van der Waals surface area contributed by atoms with E-state index < -0.39 is 17.9 Å². The van der Waals surface area contributed by atoms with E-state index in [1.54, 1.807) is 27.7 Å². The Morgan fingerprint density at radius 3 is 1.94 bits per heavy atom. The predicted octanol–water partition coefficient (Wildman–Crippen LogP) is 4.95. The number of aromatic nitrogens is 1. The fourth-order valence-corrected chi connectivity index (χ4v) is 4.37. The van der Waals surface area contributed by atoms with Crippen LogP contribution in [0.5, 0.6) is 0 Å². The van der Waals surface area contributed by atoms with Gasteiger partial charge in [-0.1, -0.05) is 30.3 Å². The second-order valence-corrected chi connectivity index (χ2v) is 8.85. The Bertz CT molecular complexity index is 991. The van der Waals surface area contributed by atoms with Crippen LogP contribution in [0.2, 0.25) is 0 Å². The molecule has 1 aromatic carbocycles. The van der Waals surface area contributed by atoms with Gasteiger partial charge in [-0.2, -0.15) is 0 Å². The lowest BCUT2D eigenvalue weighted by atomic mass is 9.83. The Morgan fingerprint density at radius 1 is 0.935 bits per heavy atom. The molecular formula is C24H28N2O4S. The van der Waals surface area contributed by atoms with Crippen LogP contribution >= 0.6 is 11.3 Å². The molecule has 1 aromatic heterocycles. The highest BCUT2D eigenvalue weighted by Gasteiger charge is 2.39. The smallest absolute Gasteiger partial charge is 0.337 e. The van der Waals surface area contributed by atoms with Crippen molar-refractivity contribution >= 4 is 23.3 Å². The van der Waals surface area contributed by atoms with Crippen LogP contribution in [0.15, 0.2) is 58.3 Å². The number of carbonyl (C=O) groups is 2. The number of hydrogen-bond acceptors (Lipinski definition) is 7. The van der Waals surface area contributed by atoms with Gasteiger partial charge in [0.15, 0.2) is 0 Å². The van der Waals surface area contributed by atoms with Crippen molar-refractivity contribution in [3.63, 3.8) is 0 Å². The normalized spacial score (nSPS) is 14.8. The zero-order valence-corrected chi connectivity index (χ0v) is 19.5. The van der Waals surface area contributed by atoms with Gasteiger partial charge in [0.25, 0.3) is 0 Å². The molecule has 3 rings (SSSR count). The molecule has 0 amide bonds. The second-order valence-electron chi connectivity index (χ2n) is 7.99. The fourth-order valence-electron chi connectivity index (χ4n) is 3.52. The number of dihydropyridines is 1. The first kappa shape index (κ1) is 22.7. The van der Waals surface area contributed by atoms with Gasteiger partial charge in [-0.15, -0.1) is 11.3 Å². The molecule has 0 spiro atoms. The number of carbonyl (C=O) groups excluding carboxylic acids is 2.